The molecule has 0 aliphatic heterocycles. The number of ether oxygens (including phenoxy) is 5. The van der Waals surface area contributed by atoms with Crippen LogP contribution in [-0.2, 0) is 23.7 Å². The molecule has 0 heterocycles. The van der Waals surface area contributed by atoms with Crippen molar-refractivity contribution < 1.29 is 23.7 Å². The maximum absolute atomic E-state index is 5.77. The van der Waals surface area contributed by atoms with Gasteiger partial charge >= 0.3 is 0 Å². The van der Waals surface area contributed by atoms with Crippen LogP contribution in [0.15, 0.2) is 11.6 Å². The van der Waals surface area contributed by atoms with Crippen molar-refractivity contribution in [3.05, 3.63) is 11.6 Å². The average Bonchev–Trinajstić information content (AvgIpc) is 3.61. The van der Waals surface area contributed by atoms with Crippen LogP contribution < -0.4 is 0 Å². The highest BCUT2D eigenvalue weighted by Gasteiger charge is 2.11. The molecule has 0 saturated heterocycles. The average molecular weight is 444 g/mol. The zero-order valence-electron chi connectivity index (χ0n) is 20.4. The maximum atomic E-state index is 5.77. The Hall–Kier alpha value is -0.500. The van der Waals surface area contributed by atoms with E-state index >= 15 is 0 Å². The summed E-state index contributed by atoms with van der Waals surface area (Å²) in [7, 11) is 0. The molecule has 0 atom stereocenters. The highest BCUT2D eigenvalue weighted by atomic mass is 16.5. The molecule has 0 aromatic carbocycles. The fourth-order valence-corrected chi connectivity index (χ4v) is 2.99. The van der Waals surface area contributed by atoms with Crippen molar-refractivity contribution >= 4 is 0 Å². The van der Waals surface area contributed by atoms with Crippen molar-refractivity contribution in [3.8, 4) is 0 Å². The van der Waals surface area contributed by atoms with Gasteiger partial charge in [0.1, 0.15) is 0 Å². The molecule has 6 heteroatoms. The number of nitrogens with zero attached hydrogens (tertiary/aromatic N) is 1. The van der Waals surface area contributed by atoms with Gasteiger partial charge in [0.2, 0.25) is 0 Å². The molecular weight excluding hydrogens is 394 g/mol. The summed E-state index contributed by atoms with van der Waals surface area (Å²) < 4.78 is 27.9. The van der Waals surface area contributed by atoms with Gasteiger partial charge < -0.3 is 23.7 Å². The minimum Gasteiger partial charge on any atom is -0.379 e. The van der Waals surface area contributed by atoms with Crippen LogP contribution in [0, 0.1) is 0 Å². The molecule has 1 rings (SSSR count). The molecule has 184 valence electrons. The first kappa shape index (κ1) is 28.5. The number of hydrogen-bond acceptors (Lipinski definition) is 6. The molecule has 6 nitrogen and oxygen atoms in total. The summed E-state index contributed by atoms with van der Waals surface area (Å²) in [6.45, 7) is 14.8. The maximum Gasteiger partial charge on any atom is 0.0701 e. The summed E-state index contributed by atoms with van der Waals surface area (Å²) in [6, 6.07) is 0. The van der Waals surface area contributed by atoms with Crippen LogP contribution in [0.5, 0.6) is 0 Å². The SMILES string of the molecule is CCCCOCCOCCOCCN(CC=C1CC1)CCCCCOCCOCCC. The summed E-state index contributed by atoms with van der Waals surface area (Å²) in [6.07, 6.45) is 11.9. The molecule has 0 aromatic heterocycles. The number of allylic oxidation sites excluding steroid dienone is 1. The standard InChI is InChI=1S/C25H49NO5/c1-3-5-16-28-21-23-31-24-22-30-18-14-26(13-11-25-9-10-25)12-7-6-8-17-29-20-19-27-15-4-2/h11H,3-10,12-24H2,1-2H3. The van der Waals surface area contributed by atoms with Gasteiger partial charge in [0.05, 0.1) is 46.2 Å². The Labute approximate surface area is 191 Å². The van der Waals surface area contributed by atoms with Crippen LogP contribution in [0.2, 0.25) is 0 Å². The molecule has 0 spiro atoms. The lowest BCUT2D eigenvalue weighted by Gasteiger charge is -2.20. The molecule has 0 bridgehead atoms. The minimum atomic E-state index is 0.644. The largest absolute Gasteiger partial charge is 0.379 e. The Balaban J connectivity index is 1.95. The van der Waals surface area contributed by atoms with E-state index in [0.29, 0.717) is 39.6 Å². The first-order chi connectivity index (χ1) is 15.4. The fourth-order valence-electron chi connectivity index (χ4n) is 2.99. The second-order valence-corrected chi connectivity index (χ2v) is 8.14. The highest BCUT2D eigenvalue weighted by molar-refractivity contribution is 5.16. The van der Waals surface area contributed by atoms with E-state index < -0.39 is 0 Å². The van der Waals surface area contributed by atoms with Crippen LogP contribution in [-0.4, -0.2) is 90.6 Å². The van der Waals surface area contributed by atoms with Gasteiger partial charge in [0, 0.05) is 32.9 Å². The monoisotopic (exact) mass is 443 g/mol. The Kier molecular flexibility index (Phi) is 20.9. The summed E-state index contributed by atoms with van der Waals surface area (Å²) in [5.74, 6) is 0. The van der Waals surface area contributed by atoms with Gasteiger partial charge in [-0.15, -0.1) is 0 Å². The molecule has 0 N–H and O–H groups in total. The molecule has 31 heavy (non-hydrogen) atoms. The van der Waals surface area contributed by atoms with Crippen molar-refractivity contribution in [1.82, 2.24) is 4.90 Å². The highest BCUT2D eigenvalue weighted by Crippen LogP contribution is 2.27. The van der Waals surface area contributed by atoms with E-state index in [1.54, 1.807) is 5.57 Å². The lowest BCUT2D eigenvalue weighted by Crippen LogP contribution is -2.29. The molecule has 1 fully saturated rings. The van der Waals surface area contributed by atoms with Gasteiger partial charge in [0.15, 0.2) is 0 Å². The van der Waals surface area contributed by atoms with Crippen LogP contribution >= 0.6 is 0 Å². The topological polar surface area (TPSA) is 49.4 Å². The third kappa shape index (κ3) is 21.1. The van der Waals surface area contributed by atoms with Crippen molar-refractivity contribution in [2.75, 3.05) is 85.7 Å². The van der Waals surface area contributed by atoms with Crippen LogP contribution in [0.3, 0.4) is 0 Å². The van der Waals surface area contributed by atoms with Crippen LogP contribution in [0.4, 0.5) is 0 Å². The lowest BCUT2D eigenvalue weighted by atomic mass is 10.2. The van der Waals surface area contributed by atoms with Gasteiger partial charge in [-0.25, -0.2) is 0 Å². The minimum absolute atomic E-state index is 0.644. The molecule has 0 unspecified atom stereocenters. The fraction of sp³-hybridized carbons (Fsp3) is 0.920. The van der Waals surface area contributed by atoms with Gasteiger partial charge in [-0.1, -0.05) is 31.9 Å². The first-order valence-corrected chi connectivity index (χ1v) is 12.7. The Morgan fingerprint density at radius 2 is 1.16 bits per heavy atom. The molecule has 0 aromatic rings. The Morgan fingerprint density at radius 3 is 1.77 bits per heavy atom. The van der Waals surface area contributed by atoms with Crippen molar-refractivity contribution in [2.24, 2.45) is 0 Å². The number of hydrogen-bond donors (Lipinski definition) is 0. The zero-order valence-corrected chi connectivity index (χ0v) is 20.4. The smallest absolute Gasteiger partial charge is 0.0701 e. The summed E-state index contributed by atoms with van der Waals surface area (Å²) in [4.78, 5) is 2.51. The molecule has 1 aliphatic carbocycles. The normalized spacial score (nSPS) is 13.3. The lowest BCUT2D eigenvalue weighted by molar-refractivity contribution is 0.0105. The number of rotatable bonds is 25. The number of unbranched alkanes of at least 4 members (excludes halogenated alkanes) is 3. The van der Waals surface area contributed by atoms with Crippen molar-refractivity contribution in [3.63, 3.8) is 0 Å². The van der Waals surface area contributed by atoms with Crippen molar-refractivity contribution in [1.29, 1.82) is 0 Å². The first-order valence-electron chi connectivity index (χ1n) is 12.7. The zero-order chi connectivity index (χ0) is 22.2. The Morgan fingerprint density at radius 1 is 0.581 bits per heavy atom. The van der Waals surface area contributed by atoms with Crippen molar-refractivity contribution in [2.45, 2.75) is 65.2 Å². The van der Waals surface area contributed by atoms with E-state index in [0.717, 1.165) is 65.3 Å². The second kappa shape index (κ2) is 22.7. The molecule has 1 saturated carbocycles. The van der Waals surface area contributed by atoms with Gasteiger partial charge in [-0.05, 0) is 51.5 Å². The van der Waals surface area contributed by atoms with E-state index in [1.807, 2.05) is 0 Å². The predicted molar refractivity (Wildman–Crippen MR) is 127 cm³/mol. The molecular formula is C25H49NO5. The van der Waals surface area contributed by atoms with E-state index in [9.17, 15) is 0 Å². The quantitative estimate of drug-likeness (QED) is 0.153. The van der Waals surface area contributed by atoms with Crippen LogP contribution in [0.1, 0.15) is 65.2 Å². The van der Waals surface area contributed by atoms with E-state index in [-0.39, 0.29) is 0 Å². The molecule has 1 aliphatic rings. The van der Waals surface area contributed by atoms with Gasteiger partial charge in [-0.2, -0.15) is 0 Å². The predicted octanol–water partition coefficient (Wildman–Crippen LogP) is 4.47. The second-order valence-electron chi connectivity index (χ2n) is 8.14. The Bertz CT molecular complexity index is 399. The van der Waals surface area contributed by atoms with E-state index in [1.165, 1.54) is 32.1 Å². The van der Waals surface area contributed by atoms with Gasteiger partial charge in [-0.3, -0.25) is 4.90 Å². The van der Waals surface area contributed by atoms with E-state index in [2.05, 4.69) is 24.8 Å². The third-order valence-electron chi connectivity index (χ3n) is 5.10. The van der Waals surface area contributed by atoms with Crippen LogP contribution in [0.25, 0.3) is 0 Å². The van der Waals surface area contributed by atoms with E-state index in [4.69, 9.17) is 23.7 Å². The van der Waals surface area contributed by atoms with Gasteiger partial charge in [0.25, 0.3) is 0 Å². The summed E-state index contributed by atoms with van der Waals surface area (Å²) >= 11 is 0. The third-order valence-corrected chi connectivity index (χ3v) is 5.10. The summed E-state index contributed by atoms with van der Waals surface area (Å²) in [5.41, 5.74) is 1.61. The molecule has 0 radical (unpaired) electrons. The molecule has 0 amide bonds. The summed E-state index contributed by atoms with van der Waals surface area (Å²) in [5, 5.41) is 0.